The first-order valence-electron chi connectivity index (χ1n) is 10.1. The fraction of sp³-hybridized carbons (Fsp3) is 0.650. The van der Waals surface area contributed by atoms with Crippen molar-refractivity contribution in [3.63, 3.8) is 0 Å². The molecule has 0 aromatic carbocycles. The van der Waals surface area contributed by atoms with Crippen LogP contribution in [0.15, 0.2) is 17.8 Å². The van der Waals surface area contributed by atoms with Gasteiger partial charge in [0.05, 0.1) is 11.9 Å². The van der Waals surface area contributed by atoms with Crippen LogP contribution in [0.25, 0.3) is 10.2 Å². The topological polar surface area (TPSA) is 61.4 Å². The standard InChI is InChI=1S/C20H29N5OS/c1-14-4-3-5-17(15(14)2)23-18(26)12-24-7-9-25(10-8-24)19-16-6-11-27-20(16)22-13-21-19/h6,11,13-15,17H,3-5,7-10,12H2,1-2H3,(H,23,26)/t14-,15-,17-/m1/s1. The first-order valence-corrected chi connectivity index (χ1v) is 10.9. The van der Waals surface area contributed by atoms with Crippen molar-refractivity contribution < 1.29 is 4.79 Å². The van der Waals surface area contributed by atoms with Gasteiger partial charge < -0.3 is 10.2 Å². The number of rotatable bonds is 4. The molecule has 146 valence electrons. The number of carbonyl (C=O) groups excluding carboxylic acids is 1. The average molecular weight is 388 g/mol. The molecule has 0 bridgehead atoms. The summed E-state index contributed by atoms with van der Waals surface area (Å²) in [6.07, 6.45) is 5.29. The molecule has 0 unspecified atom stereocenters. The van der Waals surface area contributed by atoms with Crippen LogP contribution >= 0.6 is 11.3 Å². The highest BCUT2D eigenvalue weighted by atomic mass is 32.1. The molecule has 27 heavy (non-hydrogen) atoms. The molecule has 1 saturated heterocycles. The van der Waals surface area contributed by atoms with E-state index in [1.807, 2.05) is 0 Å². The number of amides is 1. The summed E-state index contributed by atoms with van der Waals surface area (Å²) in [7, 11) is 0. The highest BCUT2D eigenvalue weighted by Gasteiger charge is 2.29. The minimum Gasteiger partial charge on any atom is -0.353 e. The van der Waals surface area contributed by atoms with E-state index in [9.17, 15) is 4.79 Å². The van der Waals surface area contributed by atoms with Gasteiger partial charge in [0.2, 0.25) is 5.91 Å². The number of carbonyl (C=O) groups is 1. The van der Waals surface area contributed by atoms with Crippen LogP contribution in [0, 0.1) is 11.8 Å². The van der Waals surface area contributed by atoms with Gasteiger partial charge >= 0.3 is 0 Å². The summed E-state index contributed by atoms with van der Waals surface area (Å²) in [5.41, 5.74) is 0. The zero-order chi connectivity index (χ0) is 18.8. The van der Waals surface area contributed by atoms with Crippen LogP contribution in [0.4, 0.5) is 5.82 Å². The second-order valence-corrected chi connectivity index (χ2v) is 8.94. The molecule has 3 heterocycles. The normalized spacial score (nSPS) is 27.0. The van der Waals surface area contributed by atoms with E-state index in [4.69, 9.17) is 0 Å². The van der Waals surface area contributed by atoms with Crippen LogP contribution in [-0.2, 0) is 4.79 Å². The molecule has 4 rings (SSSR count). The predicted octanol–water partition coefficient (Wildman–Crippen LogP) is 2.75. The highest BCUT2D eigenvalue weighted by molar-refractivity contribution is 7.16. The first-order chi connectivity index (χ1) is 13.1. The van der Waals surface area contributed by atoms with Crippen molar-refractivity contribution >= 4 is 33.3 Å². The summed E-state index contributed by atoms with van der Waals surface area (Å²) < 4.78 is 0. The lowest BCUT2D eigenvalue weighted by Crippen LogP contribution is -2.52. The van der Waals surface area contributed by atoms with Gasteiger partial charge in [-0.15, -0.1) is 11.3 Å². The van der Waals surface area contributed by atoms with E-state index in [1.54, 1.807) is 17.7 Å². The lowest BCUT2D eigenvalue weighted by Gasteiger charge is -2.37. The summed E-state index contributed by atoms with van der Waals surface area (Å²) in [6.45, 7) is 8.65. The number of piperazine rings is 1. The monoisotopic (exact) mass is 387 g/mol. The van der Waals surface area contributed by atoms with E-state index in [0.717, 1.165) is 48.6 Å². The Morgan fingerprint density at radius 2 is 2.04 bits per heavy atom. The maximum absolute atomic E-state index is 12.5. The number of fused-ring (bicyclic) bond motifs is 1. The van der Waals surface area contributed by atoms with Gasteiger partial charge in [-0.05, 0) is 29.7 Å². The SMILES string of the molecule is C[C@@H]1[C@H](C)CCC[C@H]1NC(=O)CN1CCN(c2ncnc3sccc23)CC1. The van der Waals surface area contributed by atoms with Crippen LogP contribution in [0.1, 0.15) is 33.1 Å². The predicted molar refractivity (Wildman–Crippen MR) is 110 cm³/mol. The maximum atomic E-state index is 12.5. The van der Waals surface area contributed by atoms with Gasteiger partial charge in [0.1, 0.15) is 17.0 Å². The van der Waals surface area contributed by atoms with Crippen molar-refractivity contribution in [2.24, 2.45) is 11.8 Å². The number of aromatic nitrogens is 2. The van der Waals surface area contributed by atoms with E-state index >= 15 is 0 Å². The van der Waals surface area contributed by atoms with Gasteiger partial charge in [-0.3, -0.25) is 9.69 Å². The zero-order valence-corrected chi connectivity index (χ0v) is 17.0. The first kappa shape index (κ1) is 18.6. The van der Waals surface area contributed by atoms with Gasteiger partial charge in [0.25, 0.3) is 0 Å². The van der Waals surface area contributed by atoms with Gasteiger partial charge in [0, 0.05) is 32.2 Å². The Hall–Kier alpha value is -1.73. The Labute approximate surface area is 165 Å². The Morgan fingerprint density at radius 1 is 1.22 bits per heavy atom. The van der Waals surface area contributed by atoms with E-state index in [1.165, 1.54) is 12.8 Å². The van der Waals surface area contributed by atoms with Gasteiger partial charge in [0.15, 0.2) is 0 Å². The molecule has 7 heteroatoms. The fourth-order valence-electron chi connectivity index (χ4n) is 4.39. The maximum Gasteiger partial charge on any atom is 0.234 e. The quantitative estimate of drug-likeness (QED) is 0.874. The van der Waals surface area contributed by atoms with Crippen molar-refractivity contribution in [3.8, 4) is 0 Å². The van der Waals surface area contributed by atoms with E-state index in [2.05, 4.69) is 50.4 Å². The largest absolute Gasteiger partial charge is 0.353 e. The van der Waals surface area contributed by atoms with E-state index < -0.39 is 0 Å². The smallest absolute Gasteiger partial charge is 0.234 e. The lowest BCUT2D eigenvalue weighted by atomic mass is 9.78. The number of thiophene rings is 1. The summed E-state index contributed by atoms with van der Waals surface area (Å²) in [5, 5.41) is 6.50. The molecule has 1 aliphatic carbocycles. The number of nitrogens with zero attached hydrogens (tertiary/aromatic N) is 4. The molecule has 6 nitrogen and oxygen atoms in total. The van der Waals surface area contributed by atoms with Crippen LogP contribution in [-0.4, -0.2) is 59.5 Å². The summed E-state index contributed by atoms with van der Waals surface area (Å²) >= 11 is 1.65. The molecule has 1 aliphatic heterocycles. The van der Waals surface area contributed by atoms with Gasteiger partial charge in [-0.25, -0.2) is 9.97 Å². The van der Waals surface area contributed by atoms with Crippen molar-refractivity contribution in [1.29, 1.82) is 0 Å². The van der Waals surface area contributed by atoms with Crippen molar-refractivity contribution in [1.82, 2.24) is 20.2 Å². The second kappa shape index (κ2) is 8.10. The van der Waals surface area contributed by atoms with Crippen molar-refractivity contribution in [3.05, 3.63) is 17.8 Å². The molecular weight excluding hydrogens is 358 g/mol. The van der Waals surface area contributed by atoms with E-state index in [0.29, 0.717) is 24.4 Å². The molecule has 3 atom stereocenters. The number of nitrogens with one attached hydrogen (secondary N) is 1. The minimum absolute atomic E-state index is 0.177. The molecule has 0 radical (unpaired) electrons. The highest BCUT2D eigenvalue weighted by Crippen LogP contribution is 2.29. The third-order valence-corrected chi connectivity index (χ3v) is 7.15. The Balaban J connectivity index is 1.29. The molecule has 1 N–H and O–H groups in total. The summed E-state index contributed by atoms with van der Waals surface area (Å²) in [6, 6.07) is 2.44. The molecule has 1 saturated carbocycles. The number of anilines is 1. The third kappa shape index (κ3) is 4.09. The molecule has 2 fully saturated rings. The van der Waals surface area contributed by atoms with Gasteiger partial charge in [-0.2, -0.15) is 0 Å². The molecule has 2 aromatic heterocycles. The third-order valence-electron chi connectivity index (χ3n) is 6.33. The van der Waals surface area contributed by atoms with Crippen LogP contribution in [0.3, 0.4) is 0 Å². The second-order valence-electron chi connectivity index (χ2n) is 8.04. The zero-order valence-electron chi connectivity index (χ0n) is 16.2. The molecule has 1 amide bonds. The lowest BCUT2D eigenvalue weighted by molar-refractivity contribution is -0.123. The summed E-state index contributed by atoms with van der Waals surface area (Å²) in [5.74, 6) is 2.48. The Morgan fingerprint density at radius 3 is 2.85 bits per heavy atom. The van der Waals surface area contributed by atoms with Crippen molar-refractivity contribution in [2.45, 2.75) is 39.2 Å². The minimum atomic E-state index is 0.177. The van der Waals surface area contributed by atoms with Crippen LogP contribution in [0.5, 0.6) is 0 Å². The number of hydrogen-bond acceptors (Lipinski definition) is 6. The Bertz CT molecular complexity index is 786. The number of hydrogen-bond donors (Lipinski definition) is 1. The van der Waals surface area contributed by atoms with Crippen molar-refractivity contribution in [2.75, 3.05) is 37.6 Å². The van der Waals surface area contributed by atoms with E-state index in [-0.39, 0.29) is 5.91 Å². The summed E-state index contributed by atoms with van der Waals surface area (Å²) in [4.78, 5) is 27.0. The van der Waals surface area contributed by atoms with Crippen LogP contribution in [0.2, 0.25) is 0 Å². The average Bonchev–Trinajstić information content (AvgIpc) is 3.15. The Kier molecular flexibility index (Phi) is 5.59. The van der Waals surface area contributed by atoms with Gasteiger partial charge in [-0.1, -0.05) is 26.7 Å². The van der Waals surface area contributed by atoms with Crippen LogP contribution < -0.4 is 10.2 Å². The molecular formula is C20H29N5OS. The molecule has 2 aromatic rings. The fourth-order valence-corrected chi connectivity index (χ4v) is 5.12. The molecule has 2 aliphatic rings. The molecule has 0 spiro atoms.